The third-order valence-electron chi connectivity index (χ3n) is 6.17. The number of aliphatic imine (C=N–C) groups is 1. The van der Waals surface area contributed by atoms with Gasteiger partial charge in [-0.15, -0.1) is 0 Å². The second kappa shape index (κ2) is 9.65. The highest BCUT2D eigenvalue weighted by atomic mass is 19.1. The van der Waals surface area contributed by atoms with Gasteiger partial charge in [-0.05, 0) is 38.5 Å². The molecule has 3 aliphatic rings. The molecule has 2 atom stereocenters. The summed E-state index contributed by atoms with van der Waals surface area (Å²) in [6.45, 7) is 10.3. The average Bonchev–Trinajstić information content (AvgIpc) is 3.14. The maximum Gasteiger partial charge on any atom is 0.412 e. The van der Waals surface area contributed by atoms with Crippen molar-refractivity contribution in [3.05, 3.63) is 41.4 Å². The fraction of sp³-hybridized carbons (Fsp3) is 0.500. The van der Waals surface area contributed by atoms with Crippen LogP contribution in [0.25, 0.3) is 0 Å². The van der Waals surface area contributed by atoms with Crippen LogP contribution in [0.15, 0.2) is 40.1 Å². The molecule has 0 radical (unpaired) electrons. The molecule has 0 bridgehead atoms. The fourth-order valence-corrected chi connectivity index (χ4v) is 4.49. The second-order valence-electron chi connectivity index (χ2n) is 9.91. The Bertz CT molecular complexity index is 1090. The molecule has 0 spiro atoms. The van der Waals surface area contributed by atoms with Crippen molar-refractivity contribution < 1.29 is 18.7 Å². The highest BCUT2D eigenvalue weighted by Crippen LogP contribution is 2.38. The van der Waals surface area contributed by atoms with Gasteiger partial charge >= 0.3 is 6.09 Å². The molecule has 3 aliphatic heterocycles. The lowest BCUT2D eigenvalue weighted by Gasteiger charge is -2.36. The number of amidine groups is 1. The van der Waals surface area contributed by atoms with Crippen molar-refractivity contribution in [3.8, 4) is 0 Å². The van der Waals surface area contributed by atoms with Crippen molar-refractivity contribution >= 4 is 29.9 Å². The summed E-state index contributed by atoms with van der Waals surface area (Å²) in [5, 5.41) is 8.73. The number of hydrogen-bond acceptors (Lipinski definition) is 8. The van der Waals surface area contributed by atoms with Gasteiger partial charge in [-0.3, -0.25) is 20.0 Å². The Hall–Kier alpha value is -3.47. The van der Waals surface area contributed by atoms with Crippen molar-refractivity contribution in [2.45, 2.75) is 45.3 Å². The monoisotopic (exact) mass is 485 g/mol. The quantitative estimate of drug-likeness (QED) is 0.676. The zero-order valence-corrected chi connectivity index (χ0v) is 20.5. The molecule has 10 nitrogen and oxygen atoms in total. The Kier molecular flexibility index (Phi) is 6.79. The van der Waals surface area contributed by atoms with E-state index in [0.29, 0.717) is 31.0 Å². The van der Waals surface area contributed by atoms with E-state index in [4.69, 9.17) is 10.5 Å². The minimum absolute atomic E-state index is 0.0358. The first-order chi connectivity index (χ1) is 16.5. The number of carbonyl (C=O) groups excluding carboxylic acids is 2. The minimum Gasteiger partial charge on any atom is -0.444 e. The predicted molar refractivity (Wildman–Crippen MR) is 132 cm³/mol. The van der Waals surface area contributed by atoms with E-state index in [1.54, 1.807) is 33.8 Å². The molecule has 1 fully saturated rings. The predicted octanol–water partition coefficient (Wildman–Crippen LogP) is 2.30. The minimum atomic E-state index is -0.721. The molecule has 1 saturated heterocycles. The number of halogens is 1. The number of amides is 2. The van der Waals surface area contributed by atoms with Crippen LogP contribution in [-0.4, -0.2) is 83.3 Å². The molecule has 3 heterocycles. The Morgan fingerprint density at radius 1 is 1.23 bits per heavy atom. The number of nitrogens with zero attached hydrogens (tertiary/aromatic N) is 5. The van der Waals surface area contributed by atoms with Crippen LogP contribution in [0.3, 0.4) is 0 Å². The van der Waals surface area contributed by atoms with Gasteiger partial charge in [0.25, 0.3) is 0 Å². The zero-order chi connectivity index (χ0) is 25.3. The second-order valence-corrected chi connectivity index (χ2v) is 9.91. The summed E-state index contributed by atoms with van der Waals surface area (Å²) in [6, 6.07) is 4.31. The van der Waals surface area contributed by atoms with Gasteiger partial charge in [0.15, 0.2) is 0 Å². The molecule has 0 aliphatic carbocycles. The van der Waals surface area contributed by atoms with Crippen LogP contribution in [0, 0.1) is 5.82 Å². The van der Waals surface area contributed by atoms with Crippen LogP contribution < -0.4 is 11.1 Å². The van der Waals surface area contributed by atoms with E-state index in [0.717, 1.165) is 18.8 Å². The molecule has 188 valence electrons. The fourth-order valence-electron chi connectivity index (χ4n) is 4.49. The van der Waals surface area contributed by atoms with Crippen molar-refractivity contribution in [1.29, 1.82) is 0 Å². The van der Waals surface area contributed by atoms with E-state index < -0.39 is 17.5 Å². The maximum atomic E-state index is 15.0. The van der Waals surface area contributed by atoms with Gasteiger partial charge in [0.05, 0.1) is 5.69 Å². The smallest absolute Gasteiger partial charge is 0.412 e. The van der Waals surface area contributed by atoms with Gasteiger partial charge in [-0.2, -0.15) is 5.10 Å². The summed E-state index contributed by atoms with van der Waals surface area (Å²) in [7, 11) is 0. The summed E-state index contributed by atoms with van der Waals surface area (Å²) >= 11 is 0. The van der Waals surface area contributed by atoms with Crippen LogP contribution in [0.5, 0.6) is 0 Å². The SMILES string of the molecule is CC(=O)N1CCN(CC2=CC(c3ccc(NC(=O)OC(C)(C)C)c(F)c3)C3C(N)=NC=NN23)CC1. The molecule has 0 saturated carbocycles. The van der Waals surface area contributed by atoms with Gasteiger partial charge in [0.1, 0.15) is 29.6 Å². The summed E-state index contributed by atoms with van der Waals surface area (Å²) in [6.07, 6.45) is 2.74. The maximum absolute atomic E-state index is 15.0. The molecule has 35 heavy (non-hydrogen) atoms. The lowest BCUT2D eigenvalue weighted by atomic mass is 9.92. The van der Waals surface area contributed by atoms with Crippen molar-refractivity contribution in [1.82, 2.24) is 14.8 Å². The molecule has 2 amide bonds. The highest BCUT2D eigenvalue weighted by Gasteiger charge is 2.40. The summed E-state index contributed by atoms with van der Waals surface area (Å²) in [5.74, 6) is -0.359. The van der Waals surface area contributed by atoms with Crippen molar-refractivity contribution in [2.75, 3.05) is 38.0 Å². The number of nitrogens with two attached hydrogens (primary N) is 1. The van der Waals surface area contributed by atoms with E-state index in [1.165, 1.54) is 18.5 Å². The van der Waals surface area contributed by atoms with E-state index in [-0.39, 0.29) is 23.6 Å². The first kappa shape index (κ1) is 24.6. The van der Waals surface area contributed by atoms with E-state index in [2.05, 4.69) is 20.3 Å². The molecule has 0 aromatic heterocycles. The number of carbonyl (C=O) groups is 2. The topological polar surface area (TPSA) is 116 Å². The zero-order valence-electron chi connectivity index (χ0n) is 20.5. The molecule has 1 aromatic rings. The number of ether oxygens (including phenoxy) is 1. The number of piperazine rings is 1. The summed E-state index contributed by atoms with van der Waals surface area (Å²) < 4.78 is 20.2. The number of rotatable bonds is 4. The van der Waals surface area contributed by atoms with E-state index >= 15 is 0 Å². The van der Waals surface area contributed by atoms with Gasteiger partial charge in [-0.25, -0.2) is 14.2 Å². The molecular weight excluding hydrogens is 453 g/mol. The lowest BCUT2D eigenvalue weighted by molar-refractivity contribution is -0.130. The van der Waals surface area contributed by atoms with E-state index in [1.807, 2.05) is 16.0 Å². The Morgan fingerprint density at radius 3 is 2.57 bits per heavy atom. The molecule has 4 rings (SSSR count). The van der Waals surface area contributed by atoms with Crippen molar-refractivity contribution in [3.63, 3.8) is 0 Å². The molecular formula is C24H32FN7O3. The lowest BCUT2D eigenvalue weighted by Crippen LogP contribution is -2.50. The number of nitrogens with one attached hydrogen (secondary N) is 1. The van der Waals surface area contributed by atoms with Gasteiger partial charge in [0, 0.05) is 51.3 Å². The van der Waals surface area contributed by atoms with Crippen LogP contribution >= 0.6 is 0 Å². The van der Waals surface area contributed by atoms with Crippen LogP contribution in [-0.2, 0) is 9.53 Å². The molecule has 3 N–H and O–H groups in total. The van der Waals surface area contributed by atoms with E-state index in [9.17, 15) is 14.0 Å². The van der Waals surface area contributed by atoms with Crippen molar-refractivity contribution in [2.24, 2.45) is 15.8 Å². The summed E-state index contributed by atoms with van der Waals surface area (Å²) in [5.41, 5.74) is 7.23. The standard InChI is InChI=1S/C24H32FN7O3/c1-15(33)31-9-7-30(8-10-31)13-17-12-18(21-22(26)27-14-28-32(17)21)16-5-6-20(19(25)11-16)29-23(34)35-24(2,3)4/h5-6,11-12,14,18,21H,7-10,13H2,1-4H3,(H,29,34)(H2,26,27,28). The third kappa shape index (κ3) is 5.61. The average molecular weight is 486 g/mol. The van der Waals surface area contributed by atoms with Gasteiger partial charge in [-0.1, -0.05) is 12.1 Å². The number of hydrogen-bond donors (Lipinski definition) is 2. The molecule has 1 aromatic carbocycles. The normalized spacial score (nSPS) is 22.4. The molecule has 11 heteroatoms. The van der Waals surface area contributed by atoms with Gasteiger partial charge < -0.3 is 15.4 Å². The first-order valence-corrected chi connectivity index (χ1v) is 11.6. The Morgan fingerprint density at radius 2 is 1.94 bits per heavy atom. The van der Waals surface area contributed by atoms with Crippen LogP contribution in [0.4, 0.5) is 14.9 Å². The summed E-state index contributed by atoms with van der Waals surface area (Å²) in [4.78, 5) is 32.0. The van der Waals surface area contributed by atoms with Crippen LogP contribution in [0.1, 0.15) is 39.2 Å². The van der Waals surface area contributed by atoms with Crippen LogP contribution in [0.2, 0.25) is 0 Å². The highest BCUT2D eigenvalue weighted by molar-refractivity contribution is 5.94. The molecule has 2 unspecified atom stereocenters. The Balaban J connectivity index is 1.52. The number of fused-ring (bicyclic) bond motifs is 1. The largest absolute Gasteiger partial charge is 0.444 e. The number of benzene rings is 1. The van der Waals surface area contributed by atoms with Gasteiger partial charge in [0.2, 0.25) is 5.91 Å². The number of hydrazone groups is 1. The Labute approximate surface area is 204 Å². The third-order valence-corrected chi connectivity index (χ3v) is 6.17. The first-order valence-electron chi connectivity index (χ1n) is 11.6. The number of anilines is 1.